The van der Waals surface area contributed by atoms with Crippen molar-refractivity contribution >= 4 is 23.7 Å². The van der Waals surface area contributed by atoms with Gasteiger partial charge >= 0.3 is 17.4 Å². The molecule has 0 aromatic heterocycles. The Morgan fingerprint density at radius 3 is 2.62 bits per heavy atom. The van der Waals surface area contributed by atoms with E-state index in [9.17, 15) is 13.8 Å². The first-order valence-electron chi connectivity index (χ1n) is 8.20. The zero-order chi connectivity index (χ0) is 17.3. The predicted molar refractivity (Wildman–Crippen MR) is 86.1 cm³/mol. The van der Waals surface area contributed by atoms with Crippen molar-refractivity contribution in [3.05, 3.63) is 0 Å². The van der Waals surface area contributed by atoms with Crippen molar-refractivity contribution in [1.82, 2.24) is 20.6 Å². The smallest absolute Gasteiger partial charge is 0.317 e. The van der Waals surface area contributed by atoms with Crippen LogP contribution in [-0.4, -0.2) is 75.8 Å². The molecule has 0 aromatic carbocycles. The molecule has 1 spiro atoms. The zero-order valence-corrected chi connectivity index (χ0v) is 14.5. The lowest BCUT2D eigenvalue weighted by atomic mass is 9.62. The minimum Gasteiger partial charge on any atom is -0.317 e. The maximum atomic E-state index is 11.6. The van der Waals surface area contributed by atoms with Crippen LogP contribution < -0.4 is 10.6 Å². The summed E-state index contributed by atoms with van der Waals surface area (Å²) in [4.78, 5) is 23.6. The zero-order valence-electron chi connectivity index (χ0n) is 13.6. The van der Waals surface area contributed by atoms with Gasteiger partial charge in [-0.25, -0.2) is 4.79 Å². The molecule has 0 radical (unpaired) electrons. The molecule has 3 aliphatic heterocycles. The average Bonchev–Trinajstić information content (AvgIpc) is 2.71. The van der Waals surface area contributed by atoms with Crippen LogP contribution in [0.15, 0.2) is 0 Å². The molecule has 136 valence electrons. The van der Waals surface area contributed by atoms with Crippen molar-refractivity contribution < 1.29 is 22.6 Å². The fraction of sp³-hybridized carbons (Fsp3) is 0.857. The second-order valence-corrected chi connectivity index (χ2v) is 7.57. The number of aldehydes is 1. The Labute approximate surface area is 143 Å². The van der Waals surface area contributed by atoms with E-state index < -0.39 is 23.4 Å². The highest BCUT2D eigenvalue weighted by atomic mass is 32.2. The summed E-state index contributed by atoms with van der Waals surface area (Å²) in [7, 11) is 2.06. The second-order valence-electron chi connectivity index (χ2n) is 6.98. The molecule has 2 amide bonds. The summed E-state index contributed by atoms with van der Waals surface area (Å²) < 4.78 is 23.5. The standard InChI is InChI=1S/C7H10N2O5S.C7H14N2/c10-4-6-2-1-5-3-8(6)7(11)9(5)14-15(12)13;1-8-6-2-7(3-6)4-9-5-7/h4-6H,1-3H2,(H,12,13);6,8-9H,2-5H2,1H3/t5-,6+;/m1./s1. The van der Waals surface area contributed by atoms with E-state index in [1.54, 1.807) is 0 Å². The number of urea groups is 1. The summed E-state index contributed by atoms with van der Waals surface area (Å²) in [6.45, 7) is 2.91. The number of piperidine rings is 1. The van der Waals surface area contributed by atoms with Crippen LogP contribution in [0.1, 0.15) is 25.7 Å². The number of hydrogen-bond acceptors (Lipinski definition) is 6. The van der Waals surface area contributed by atoms with Crippen LogP contribution in [0.25, 0.3) is 0 Å². The van der Waals surface area contributed by atoms with Gasteiger partial charge in [-0.1, -0.05) is 0 Å². The first kappa shape index (κ1) is 17.7. The van der Waals surface area contributed by atoms with E-state index in [4.69, 9.17) is 4.55 Å². The quantitative estimate of drug-likeness (QED) is 0.457. The second kappa shape index (κ2) is 7.04. The Morgan fingerprint density at radius 1 is 1.42 bits per heavy atom. The Kier molecular flexibility index (Phi) is 5.21. The first-order valence-corrected chi connectivity index (χ1v) is 9.23. The van der Waals surface area contributed by atoms with Gasteiger partial charge in [-0.2, -0.15) is 9.27 Å². The highest BCUT2D eigenvalue weighted by molar-refractivity contribution is 7.74. The summed E-state index contributed by atoms with van der Waals surface area (Å²) in [6.07, 6.45) is 4.68. The van der Waals surface area contributed by atoms with Gasteiger partial charge in [0.1, 0.15) is 6.29 Å². The summed E-state index contributed by atoms with van der Waals surface area (Å²) in [6, 6.07) is -0.358. The molecule has 9 nitrogen and oxygen atoms in total. The molecule has 3 saturated heterocycles. The van der Waals surface area contributed by atoms with Gasteiger partial charge < -0.3 is 20.3 Å². The van der Waals surface area contributed by atoms with E-state index in [0.717, 1.165) is 16.5 Å². The Hall–Kier alpha value is -1.07. The lowest BCUT2D eigenvalue weighted by Gasteiger charge is -2.54. The lowest BCUT2D eigenvalue weighted by Crippen LogP contribution is -2.64. The maximum absolute atomic E-state index is 11.6. The van der Waals surface area contributed by atoms with Crippen LogP contribution in [0.4, 0.5) is 4.79 Å². The van der Waals surface area contributed by atoms with Gasteiger partial charge in [0.2, 0.25) is 0 Å². The molecule has 4 aliphatic rings. The van der Waals surface area contributed by atoms with E-state index >= 15 is 0 Å². The van der Waals surface area contributed by atoms with Crippen LogP contribution in [0.2, 0.25) is 0 Å². The molecule has 0 aromatic rings. The monoisotopic (exact) mass is 360 g/mol. The third-order valence-electron chi connectivity index (χ3n) is 5.44. The summed E-state index contributed by atoms with van der Waals surface area (Å²) in [5.74, 6) is 0. The number of fused-ring (bicyclic) bond motifs is 2. The summed E-state index contributed by atoms with van der Waals surface area (Å²) in [5, 5.41) is 7.51. The fourth-order valence-electron chi connectivity index (χ4n) is 3.93. The van der Waals surface area contributed by atoms with Gasteiger partial charge in [-0.15, -0.1) is 4.28 Å². The third-order valence-corrected chi connectivity index (χ3v) is 5.73. The Morgan fingerprint density at radius 2 is 2.12 bits per heavy atom. The molecule has 4 rings (SSSR count). The van der Waals surface area contributed by atoms with Crippen molar-refractivity contribution in [3.8, 4) is 0 Å². The molecule has 2 bridgehead atoms. The van der Waals surface area contributed by atoms with Crippen molar-refractivity contribution in [3.63, 3.8) is 0 Å². The maximum Gasteiger partial charge on any atom is 0.346 e. The van der Waals surface area contributed by atoms with Gasteiger partial charge in [0.25, 0.3) is 0 Å². The normalized spacial score (nSPS) is 31.8. The molecule has 3 atom stereocenters. The number of hydroxylamine groups is 2. The van der Waals surface area contributed by atoms with Gasteiger partial charge in [0.05, 0.1) is 12.1 Å². The van der Waals surface area contributed by atoms with Crippen LogP contribution in [0, 0.1) is 5.41 Å². The highest BCUT2D eigenvalue weighted by Gasteiger charge is 2.47. The van der Waals surface area contributed by atoms with Crippen LogP contribution >= 0.6 is 0 Å². The van der Waals surface area contributed by atoms with E-state index in [1.165, 1.54) is 30.8 Å². The molecule has 1 saturated carbocycles. The van der Waals surface area contributed by atoms with Gasteiger partial charge in [-0.3, -0.25) is 4.55 Å². The number of nitrogens with zero attached hydrogens (tertiary/aromatic N) is 2. The Bertz CT molecular complexity index is 521. The SMILES string of the molecule is CNC1CC2(CNC2)C1.O=C[C@@H]1CC[C@@H]2CN1C(=O)N2OS(=O)O. The topological polar surface area (TPSA) is 111 Å². The molecular weight excluding hydrogens is 336 g/mol. The fourth-order valence-corrected chi connectivity index (χ4v) is 4.25. The average molecular weight is 360 g/mol. The largest absolute Gasteiger partial charge is 0.346 e. The molecule has 10 heteroatoms. The third kappa shape index (κ3) is 3.33. The minimum atomic E-state index is -2.51. The number of nitrogens with one attached hydrogen (secondary N) is 2. The Balaban J connectivity index is 0.000000159. The summed E-state index contributed by atoms with van der Waals surface area (Å²) in [5.41, 5.74) is 0.744. The van der Waals surface area contributed by atoms with Gasteiger partial charge in [-0.05, 0) is 38.1 Å². The van der Waals surface area contributed by atoms with Crippen molar-refractivity contribution in [1.29, 1.82) is 0 Å². The van der Waals surface area contributed by atoms with E-state index in [1.807, 2.05) is 0 Å². The highest BCUT2D eigenvalue weighted by Crippen LogP contribution is 2.43. The number of rotatable bonds is 4. The van der Waals surface area contributed by atoms with Crippen LogP contribution in [0.5, 0.6) is 0 Å². The van der Waals surface area contributed by atoms with E-state index in [0.29, 0.717) is 25.7 Å². The molecule has 24 heavy (non-hydrogen) atoms. The lowest BCUT2D eigenvalue weighted by molar-refractivity contribution is -0.112. The number of hydrogen-bond donors (Lipinski definition) is 3. The molecule has 1 unspecified atom stereocenters. The molecular formula is C14H24N4O5S. The number of amides is 2. The number of carbonyl (C=O) groups is 2. The van der Waals surface area contributed by atoms with Crippen molar-refractivity contribution in [2.24, 2.45) is 5.41 Å². The molecule has 3 N–H and O–H groups in total. The van der Waals surface area contributed by atoms with Gasteiger partial charge in [0, 0.05) is 25.7 Å². The van der Waals surface area contributed by atoms with Crippen molar-refractivity contribution in [2.75, 3.05) is 26.7 Å². The van der Waals surface area contributed by atoms with Crippen molar-refractivity contribution in [2.45, 2.75) is 43.8 Å². The van der Waals surface area contributed by atoms with Crippen LogP contribution in [0.3, 0.4) is 0 Å². The minimum absolute atomic E-state index is 0.232. The van der Waals surface area contributed by atoms with Crippen LogP contribution in [-0.2, 0) is 20.4 Å². The summed E-state index contributed by atoms with van der Waals surface area (Å²) >= 11 is -2.51. The van der Waals surface area contributed by atoms with E-state index in [2.05, 4.69) is 22.0 Å². The molecule has 4 fully saturated rings. The van der Waals surface area contributed by atoms with E-state index in [-0.39, 0.29) is 6.04 Å². The number of carbonyl (C=O) groups excluding carboxylic acids is 2. The molecule has 3 heterocycles. The first-order chi connectivity index (χ1) is 11.5. The van der Waals surface area contributed by atoms with Gasteiger partial charge in [0.15, 0.2) is 0 Å². The predicted octanol–water partition coefficient (Wildman–Crippen LogP) is -0.520. The molecule has 1 aliphatic carbocycles.